The van der Waals surface area contributed by atoms with Gasteiger partial charge in [-0.25, -0.2) is 0 Å². The predicted molar refractivity (Wildman–Crippen MR) is 126 cm³/mol. The molecule has 0 saturated heterocycles. The monoisotopic (exact) mass is 503 g/mol. The molecule has 0 N–H and O–H groups in total. The molecule has 2 nitrogen and oxygen atoms in total. The van der Waals surface area contributed by atoms with Gasteiger partial charge in [0.05, 0.1) is 6.10 Å². The van der Waals surface area contributed by atoms with E-state index < -0.39 is 8.16 Å². The van der Waals surface area contributed by atoms with Crippen LogP contribution in [0.4, 0.5) is 21.0 Å². The van der Waals surface area contributed by atoms with Crippen LogP contribution in [0, 0.1) is 6.92 Å². The minimum Gasteiger partial charge on any atom is -1.00 e. The van der Waals surface area contributed by atoms with E-state index in [1.54, 1.807) is 6.08 Å². The van der Waals surface area contributed by atoms with E-state index in [-0.39, 0.29) is 10.8 Å². The molecule has 9 heteroatoms. The largest absolute Gasteiger partial charge is 1.00 e. The molecular weight excluding hydrogens is 477 g/mol. The Morgan fingerprint density at radius 1 is 0.853 bits per heavy atom. The number of hydrogen-bond acceptors (Lipinski definition) is 2. The number of ether oxygens (including phenoxy) is 2. The summed E-state index contributed by atoms with van der Waals surface area (Å²) in [5.41, 5.74) is 5.78. The molecule has 0 radical (unpaired) electrons. The van der Waals surface area contributed by atoms with Gasteiger partial charge in [-0.2, -0.15) is 0 Å². The fourth-order valence-electron chi connectivity index (χ4n) is 2.84. The molecule has 0 fully saturated rings. The van der Waals surface area contributed by atoms with Gasteiger partial charge >= 0.3 is 29.1 Å². The Bertz CT molecular complexity index is 1040. The number of halogens is 6. The maximum absolute atomic E-state index is 9.84. The summed E-state index contributed by atoms with van der Waals surface area (Å²) in [4.78, 5) is 0. The Labute approximate surface area is 195 Å². The van der Waals surface area contributed by atoms with Gasteiger partial charge < -0.3 is 14.2 Å². The second-order valence-corrected chi connectivity index (χ2v) is 8.84. The molecule has 0 aliphatic heterocycles. The standard InChI is InChI=1S/C25H26O2.F5P.FH/c1-5-21-16-24(14-15-25(21)27-18(2)3)26-17-20-8-12-23(13-9-20)22-10-6-19(4)7-11-22;1-6(2,3,4)5;/h5-16,18H,1,17H2,2-4H3;;1H/p-1. The van der Waals surface area contributed by atoms with Crippen molar-refractivity contribution in [2.24, 2.45) is 0 Å². The molecule has 0 saturated carbocycles. The summed E-state index contributed by atoms with van der Waals surface area (Å²) in [6.07, 6.45) is 1.92. The van der Waals surface area contributed by atoms with E-state index in [4.69, 9.17) is 9.47 Å². The molecular formula is C25H26F6O2P-. The molecule has 186 valence electrons. The van der Waals surface area contributed by atoms with Crippen molar-refractivity contribution in [2.75, 3.05) is 0 Å². The molecule has 0 aliphatic carbocycles. The summed E-state index contributed by atoms with van der Waals surface area (Å²) in [6, 6.07) is 22.9. The van der Waals surface area contributed by atoms with E-state index >= 15 is 0 Å². The zero-order valence-electron chi connectivity index (χ0n) is 19.0. The third-order valence-corrected chi connectivity index (χ3v) is 4.31. The minimum atomic E-state index is -8.55. The van der Waals surface area contributed by atoms with Crippen LogP contribution in [0.25, 0.3) is 17.2 Å². The molecule has 0 spiro atoms. The molecule has 3 aromatic rings. The van der Waals surface area contributed by atoms with Gasteiger partial charge in [0.2, 0.25) is 0 Å². The van der Waals surface area contributed by atoms with Crippen molar-refractivity contribution in [1.29, 1.82) is 0 Å². The molecule has 0 aromatic heterocycles. The molecule has 0 heterocycles. The van der Waals surface area contributed by atoms with Gasteiger partial charge in [-0.1, -0.05) is 66.7 Å². The second-order valence-electron chi connectivity index (χ2n) is 7.56. The first-order chi connectivity index (χ1) is 15.3. The van der Waals surface area contributed by atoms with Crippen molar-refractivity contribution >= 4 is 14.2 Å². The van der Waals surface area contributed by atoms with E-state index in [9.17, 15) is 21.0 Å². The SMILES string of the molecule is C=Cc1cc(OCc2ccc(-c3ccc(C)cc3)cc2)ccc1OC(C)C.FP(F)(F)(F)F.[F-]. The summed E-state index contributed by atoms with van der Waals surface area (Å²) < 4.78 is 60.9. The van der Waals surface area contributed by atoms with E-state index in [1.165, 1.54) is 16.7 Å². The summed E-state index contributed by atoms with van der Waals surface area (Å²) >= 11 is 0. The molecule has 0 aliphatic rings. The second kappa shape index (κ2) is 11.9. The molecule has 3 rings (SSSR count). The van der Waals surface area contributed by atoms with Crippen LogP contribution in [0.1, 0.15) is 30.5 Å². The predicted octanol–water partition coefficient (Wildman–Crippen LogP) is 6.64. The molecule has 0 atom stereocenters. The van der Waals surface area contributed by atoms with Gasteiger partial charge in [-0.05, 0) is 55.7 Å². The quantitative estimate of drug-likeness (QED) is 0.266. The summed E-state index contributed by atoms with van der Waals surface area (Å²) in [7, 11) is -8.55. The minimum absolute atomic E-state index is 0. The number of hydrogen-bond donors (Lipinski definition) is 0. The van der Waals surface area contributed by atoms with Crippen molar-refractivity contribution in [3.05, 3.63) is 90.0 Å². The molecule has 3 aromatic carbocycles. The Hall–Kier alpha value is -2.99. The Kier molecular flexibility index (Phi) is 10.2. The Balaban J connectivity index is 0.000000735. The summed E-state index contributed by atoms with van der Waals surface area (Å²) in [5.74, 6) is 1.64. The fourth-order valence-corrected chi connectivity index (χ4v) is 2.84. The molecule has 0 bridgehead atoms. The fraction of sp³-hybridized carbons (Fsp3) is 0.200. The first kappa shape index (κ1) is 29.0. The van der Waals surface area contributed by atoms with E-state index in [0.29, 0.717) is 6.61 Å². The average Bonchev–Trinajstić information content (AvgIpc) is 2.72. The van der Waals surface area contributed by atoms with Gasteiger partial charge in [-0.15, -0.1) is 0 Å². The zero-order valence-corrected chi connectivity index (χ0v) is 19.8. The topological polar surface area (TPSA) is 18.5 Å². The van der Waals surface area contributed by atoms with Gasteiger partial charge in [0.25, 0.3) is 0 Å². The third kappa shape index (κ3) is 11.2. The van der Waals surface area contributed by atoms with Crippen LogP contribution in [-0.4, -0.2) is 6.10 Å². The Morgan fingerprint density at radius 2 is 1.35 bits per heavy atom. The zero-order chi connectivity index (χ0) is 24.7. The Morgan fingerprint density at radius 3 is 1.82 bits per heavy atom. The van der Waals surface area contributed by atoms with Crippen molar-refractivity contribution in [3.8, 4) is 22.6 Å². The van der Waals surface area contributed by atoms with E-state index in [2.05, 4.69) is 62.0 Å². The van der Waals surface area contributed by atoms with Crippen molar-refractivity contribution < 1.29 is 35.2 Å². The molecule has 34 heavy (non-hydrogen) atoms. The van der Waals surface area contributed by atoms with E-state index in [1.807, 2.05) is 32.0 Å². The van der Waals surface area contributed by atoms with Gasteiger partial charge in [0, 0.05) is 5.56 Å². The van der Waals surface area contributed by atoms with Crippen molar-refractivity contribution in [2.45, 2.75) is 33.5 Å². The summed E-state index contributed by atoms with van der Waals surface area (Å²) in [6.45, 7) is 10.5. The molecule has 0 amide bonds. The van der Waals surface area contributed by atoms with Crippen LogP contribution in [0.2, 0.25) is 0 Å². The van der Waals surface area contributed by atoms with Crippen LogP contribution in [-0.2, 0) is 6.61 Å². The number of aryl methyl sites for hydroxylation is 1. The van der Waals surface area contributed by atoms with Crippen LogP contribution in [0.3, 0.4) is 0 Å². The third-order valence-electron chi connectivity index (χ3n) is 4.31. The van der Waals surface area contributed by atoms with Crippen molar-refractivity contribution in [3.63, 3.8) is 0 Å². The number of rotatable bonds is 7. The normalized spacial score (nSPS) is 11.9. The molecule has 0 unspecified atom stereocenters. The first-order valence-electron chi connectivity index (χ1n) is 10.1. The van der Waals surface area contributed by atoms with Crippen molar-refractivity contribution in [1.82, 2.24) is 0 Å². The maximum atomic E-state index is 9.84. The average molecular weight is 503 g/mol. The van der Waals surface area contributed by atoms with Crippen LogP contribution < -0.4 is 14.2 Å². The van der Waals surface area contributed by atoms with Gasteiger partial charge in [0.15, 0.2) is 0 Å². The van der Waals surface area contributed by atoms with Crippen LogP contribution in [0.5, 0.6) is 11.5 Å². The first-order valence-corrected chi connectivity index (χ1v) is 11.8. The van der Waals surface area contributed by atoms with E-state index in [0.717, 1.165) is 22.6 Å². The van der Waals surface area contributed by atoms with Gasteiger partial charge in [-0.3, -0.25) is 0 Å². The number of benzene rings is 3. The summed E-state index contributed by atoms with van der Waals surface area (Å²) in [5, 5.41) is 0. The maximum Gasteiger partial charge on any atom is -1.00 e. The van der Waals surface area contributed by atoms with Crippen LogP contribution >= 0.6 is 8.16 Å². The smallest absolute Gasteiger partial charge is 1.00 e. The van der Waals surface area contributed by atoms with Gasteiger partial charge in [0.1, 0.15) is 18.1 Å². The van der Waals surface area contributed by atoms with Crippen LogP contribution in [0.15, 0.2) is 73.3 Å².